The Kier molecular flexibility index (Phi) is 5.44. The molecule has 1 amide bonds. The van der Waals surface area contributed by atoms with Gasteiger partial charge >= 0.3 is 0 Å². The summed E-state index contributed by atoms with van der Waals surface area (Å²) >= 11 is 1.50. The van der Waals surface area contributed by atoms with E-state index in [4.69, 9.17) is 5.73 Å². The molecule has 0 saturated heterocycles. The van der Waals surface area contributed by atoms with E-state index >= 15 is 0 Å². The summed E-state index contributed by atoms with van der Waals surface area (Å²) in [5.41, 5.74) is 4.72. The van der Waals surface area contributed by atoms with Crippen LogP contribution in [0.2, 0.25) is 0 Å². The molecule has 0 saturated carbocycles. The number of nitrogen functional groups attached to an aromatic ring is 1. The summed E-state index contributed by atoms with van der Waals surface area (Å²) in [7, 11) is 0. The van der Waals surface area contributed by atoms with E-state index in [-0.39, 0.29) is 24.6 Å². The monoisotopic (exact) mass is 285 g/mol. The summed E-state index contributed by atoms with van der Waals surface area (Å²) in [6, 6.07) is 2.80. The molecular formula is C12H19N3O3S. The van der Waals surface area contributed by atoms with E-state index in [0.717, 1.165) is 0 Å². The Bertz CT molecular complexity index is 499. The van der Waals surface area contributed by atoms with E-state index in [0.29, 0.717) is 11.4 Å². The second-order valence-electron chi connectivity index (χ2n) is 4.64. The predicted octanol–water partition coefficient (Wildman–Crippen LogP) is -0.339. The number of nitrogens with one attached hydrogen (secondary N) is 1. The lowest BCUT2D eigenvalue weighted by Crippen LogP contribution is -2.44. The molecule has 7 heteroatoms. The van der Waals surface area contributed by atoms with Gasteiger partial charge in [0.1, 0.15) is 6.54 Å². The predicted molar refractivity (Wildman–Crippen MR) is 77.1 cm³/mol. The first-order valence-electron chi connectivity index (χ1n) is 5.78. The van der Waals surface area contributed by atoms with Gasteiger partial charge in [0.05, 0.1) is 5.60 Å². The summed E-state index contributed by atoms with van der Waals surface area (Å²) in [4.78, 5) is 23.2. The second kappa shape index (κ2) is 6.63. The van der Waals surface area contributed by atoms with Gasteiger partial charge < -0.3 is 20.7 Å². The average Bonchev–Trinajstić information content (AvgIpc) is 2.31. The maximum Gasteiger partial charge on any atom is 0.251 e. The molecule has 1 unspecified atom stereocenters. The molecule has 1 atom stereocenters. The van der Waals surface area contributed by atoms with Crippen molar-refractivity contribution in [2.24, 2.45) is 0 Å². The van der Waals surface area contributed by atoms with Gasteiger partial charge in [-0.25, -0.2) is 0 Å². The van der Waals surface area contributed by atoms with Gasteiger partial charge in [0.15, 0.2) is 0 Å². The number of aromatic nitrogens is 1. The van der Waals surface area contributed by atoms with Crippen LogP contribution in [0.4, 0.5) is 5.69 Å². The third kappa shape index (κ3) is 5.35. The molecule has 0 radical (unpaired) electrons. The Morgan fingerprint density at radius 2 is 2.26 bits per heavy atom. The second-order valence-corrected chi connectivity index (χ2v) is 5.50. The van der Waals surface area contributed by atoms with Gasteiger partial charge in [0.2, 0.25) is 5.91 Å². The Morgan fingerprint density at radius 1 is 1.58 bits per heavy atom. The van der Waals surface area contributed by atoms with Crippen LogP contribution in [-0.4, -0.2) is 39.7 Å². The van der Waals surface area contributed by atoms with Crippen molar-refractivity contribution in [2.75, 3.05) is 24.3 Å². The van der Waals surface area contributed by atoms with E-state index in [1.165, 1.54) is 34.7 Å². The molecule has 1 aromatic rings. The van der Waals surface area contributed by atoms with Gasteiger partial charge in [0, 0.05) is 30.2 Å². The number of nitrogens with zero attached hydrogens (tertiary/aromatic N) is 1. The van der Waals surface area contributed by atoms with Crippen LogP contribution in [0.3, 0.4) is 0 Å². The highest BCUT2D eigenvalue weighted by Crippen LogP contribution is 2.08. The van der Waals surface area contributed by atoms with Crippen LogP contribution in [-0.2, 0) is 11.3 Å². The third-order valence-corrected chi connectivity index (χ3v) is 3.35. The van der Waals surface area contributed by atoms with Crippen molar-refractivity contribution in [3.8, 4) is 0 Å². The molecule has 0 fully saturated rings. The normalized spacial score (nSPS) is 13.8. The summed E-state index contributed by atoms with van der Waals surface area (Å²) in [6.45, 7) is 1.68. The molecule has 0 aromatic carbocycles. The van der Waals surface area contributed by atoms with Crippen LogP contribution in [0.15, 0.2) is 23.1 Å². The highest BCUT2D eigenvalue weighted by molar-refractivity contribution is 7.98. The summed E-state index contributed by atoms with van der Waals surface area (Å²) in [5.74, 6) is 0.181. The largest absolute Gasteiger partial charge is 0.398 e. The van der Waals surface area contributed by atoms with Gasteiger partial charge in [0.25, 0.3) is 5.56 Å². The number of carbonyl (C=O) groups is 1. The topological polar surface area (TPSA) is 97.3 Å². The molecule has 19 heavy (non-hydrogen) atoms. The van der Waals surface area contributed by atoms with Crippen LogP contribution in [0.25, 0.3) is 0 Å². The number of amides is 1. The minimum absolute atomic E-state index is 0.112. The van der Waals surface area contributed by atoms with Crippen molar-refractivity contribution in [2.45, 2.75) is 19.1 Å². The summed E-state index contributed by atoms with van der Waals surface area (Å²) in [6.07, 6.45) is 3.30. The van der Waals surface area contributed by atoms with E-state index in [1.54, 1.807) is 6.92 Å². The molecule has 0 bridgehead atoms. The van der Waals surface area contributed by atoms with Crippen molar-refractivity contribution < 1.29 is 9.90 Å². The molecule has 0 spiro atoms. The van der Waals surface area contributed by atoms with Crippen LogP contribution >= 0.6 is 11.8 Å². The fraction of sp³-hybridized carbons (Fsp3) is 0.500. The quantitative estimate of drug-likeness (QED) is 0.664. The lowest BCUT2D eigenvalue weighted by molar-refractivity contribution is -0.122. The molecular weight excluding hydrogens is 266 g/mol. The minimum atomic E-state index is -0.963. The standard InChI is InChI=1S/C12H19N3O3S/c1-12(18,8-19-2)7-14-10(16)6-15-5-9(13)3-4-11(15)17/h3-5,18H,6-8,13H2,1-2H3,(H,14,16). The molecule has 1 aromatic heterocycles. The Morgan fingerprint density at radius 3 is 2.89 bits per heavy atom. The van der Waals surface area contributed by atoms with Crippen LogP contribution < -0.4 is 16.6 Å². The Balaban J connectivity index is 2.56. The maximum absolute atomic E-state index is 11.7. The van der Waals surface area contributed by atoms with Crippen molar-refractivity contribution in [3.05, 3.63) is 28.7 Å². The van der Waals surface area contributed by atoms with Crippen molar-refractivity contribution >= 4 is 23.4 Å². The van der Waals surface area contributed by atoms with Crippen LogP contribution in [0, 0.1) is 0 Å². The van der Waals surface area contributed by atoms with Crippen molar-refractivity contribution in [1.29, 1.82) is 0 Å². The summed E-state index contributed by atoms with van der Waals surface area (Å²) < 4.78 is 1.23. The zero-order valence-electron chi connectivity index (χ0n) is 11.0. The lowest BCUT2D eigenvalue weighted by Gasteiger charge is -2.22. The highest BCUT2D eigenvalue weighted by Gasteiger charge is 2.20. The Labute approximate surface area is 116 Å². The van der Waals surface area contributed by atoms with Gasteiger partial charge in [-0.2, -0.15) is 11.8 Å². The van der Waals surface area contributed by atoms with Gasteiger partial charge in [-0.15, -0.1) is 0 Å². The first-order chi connectivity index (χ1) is 8.84. The highest BCUT2D eigenvalue weighted by atomic mass is 32.2. The number of aliphatic hydroxyl groups is 1. The van der Waals surface area contributed by atoms with Gasteiger partial charge in [-0.3, -0.25) is 9.59 Å². The molecule has 0 aliphatic rings. The number of anilines is 1. The molecule has 0 aliphatic carbocycles. The number of pyridine rings is 1. The molecule has 106 valence electrons. The van der Waals surface area contributed by atoms with Gasteiger partial charge in [-0.05, 0) is 19.2 Å². The first-order valence-corrected chi connectivity index (χ1v) is 7.17. The zero-order chi connectivity index (χ0) is 14.5. The smallest absolute Gasteiger partial charge is 0.251 e. The first kappa shape index (κ1) is 15.6. The number of hydrogen-bond donors (Lipinski definition) is 3. The number of thioether (sulfide) groups is 1. The van der Waals surface area contributed by atoms with E-state index < -0.39 is 5.60 Å². The fourth-order valence-electron chi connectivity index (χ4n) is 1.54. The van der Waals surface area contributed by atoms with Crippen LogP contribution in [0.5, 0.6) is 0 Å². The molecule has 0 aliphatic heterocycles. The number of nitrogens with two attached hydrogens (primary N) is 1. The number of rotatable bonds is 6. The SMILES string of the molecule is CSCC(C)(O)CNC(=O)Cn1cc(N)ccc1=O. The van der Waals surface area contributed by atoms with Crippen LogP contribution in [0.1, 0.15) is 6.92 Å². The number of hydrogen-bond acceptors (Lipinski definition) is 5. The Hall–Kier alpha value is -1.47. The lowest BCUT2D eigenvalue weighted by atomic mass is 10.1. The molecule has 4 N–H and O–H groups in total. The van der Waals surface area contributed by atoms with Crippen molar-refractivity contribution in [1.82, 2.24) is 9.88 Å². The van der Waals surface area contributed by atoms with E-state index in [2.05, 4.69) is 5.32 Å². The molecule has 1 heterocycles. The fourth-order valence-corrected chi connectivity index (χ4v) is 2.26. The average molecular weight is 285 g/mol. The molecule has 6 nitrogen and oxygen atoms in total. The van der Waals surface area contributed by atoms with Crippen molar-refractivity contribution in [3.63, 3.8) is 0 Å². The maximum atomic E-state index is 11.7. The van der Waals surface area contributed by atoms with Gasteiger partial charge in [-0.1, -0.05) is 0 Å². The summed E-state index contributed by atoms with van der Waals surface area (Å²) in [5, 5.41) is 12.5. The zero-order valence-corrected chi connectivity index (χ0v) is 11.9. The van der Waals surface area contributed by atoms with E-state index in [1.807, 2.05) is 6.26 Å². The van der Waals surface area contributed by atoms with E-state index in [9.17, 15) is 14.7 Å². The molecule has 1 rings (SSSR count). The minimum Gasteiger partial charge on any atom is -0.398 e. The third-order valence-electron chi connectivity index (χ3n) is 2.44. The number of carbonyl (C=O) groups excluding carboxylic acids is 1.